The Kier molecular flexibility index (Phi) is 11.7. The predicted octanol–water partition coefficient (Wildman–Crippen LogP) is 19.9. The van der Waals surface area contributed by atoms with Crippen LogP contribution in [0, 0.1) is 12.1 Å². The van der Waals surface area contributed by atoms with Crippen molar-refractivity contribution in [3.05, 3.63) is 289 Å². The van der Waals surface area contributed by atoms with Crippen LogP contribution < -0.4 is 0 Å². The number of hydrogen-bond acceptors (Lipinski definition) is 2. The summed E-state index contributed by atoms with van der Waals surface area (Å²) in [6, 6.07) is 94.6. The zero-order chi connectivity index (χ0) is 54.8. The molecule has 0 unspecified atom stereocenters. The van der Waals surface area contributed by atoms with Gasteiger partial charge in [0.15, 0.2) is 0 Å². The normalized spacial score (nSPS) is 13.4. The Labute approximate surface area is 496 Å². The number of benzene rings is 11. The second kappa shape index (κ2) is 19.3. The van der Waals surface area contributed by atoms with E-state index in [-0.39, 0.29) is 30.9 Å². The van der Waals surface area contributed by atoms with Gasteiger partial charge in [-0.25, -0.2) is 0 Å². The van der Waals surface area contributed by atoms with E-state index in [1.807, 2.05) is 24.5 Å². The minimum atomic E-state index is -0.168. The molecule has 2 aliphatic heterocycles. The third-order valence-electron chi connectivity index (χ3n) is 17.9. The van der Waals surface area contributed by atoms with Gasteiger partial charge in [0, 0.05) is 64.9 Å². The number of fused-ring (bicyclic) bond motifs is 12. The second-order valence-corrected chi connectivity index (χ2v) is 23.2. The van der Waals surface area contributed by atoms with Gasteiger partial charge in [0.25, 0.3) is 0 Å². The Hall–Kier alpha value is -9.51. The fourth-order valence-electron chi connectivity index (χ4n) is 13.8. The van der Waals surface area contributed by atoms with E-state index in [9.17, 15) is 0 Å². The molecule has 0 spiro atoms. The molecule has 0 aliphatic carbocycles. The van der Waals surface area contributed by atoms with Gasteiger partial charge in [-0.2, -0.15) is 0 Å². The molecule has 0 amide bonds. The van der Waals surface area contributed by atoms with Crippen molar-refractivity contribution in [1.82, 2.24) is 19.1 Å². The van der Waals surface area contributed by atoms with Crippen LogP contribution in [0.2, 0.25) is 0 Å². The van der Waals surface area contributed by atoms with E-state index in [0.29, 0.717) is 0 Å². The third kappa shape index (κ3) is 7.83. The molecular formula is C78H54IrN4-2. The van der Waals surface area contributed by atoms with E-state index in [4.69, 9.17) is 9.97 Å². The van der Waals surface area contributed by atoms with Crippen LogP contribution in [0.4, 0.5) is 0 Å². The molecule has 0 N–H and O–H groups in total. The van der Waals surface area contributed by atoms with Crippen molar-refractivity contribution in [2.75, 3.05) is 0 Å². The molecule has 83 heavy (non-hydrogen) atoms. The molecule has 17 rings (SSSR count). The molecule has 0 atom stereocenters. The van der Waals surface area contributed by atoms with Crippen LogP contribution in [0.3, 0.4) is 0 Å². The Balaban J connectivity index is 0.000000141. The van der Waals surface area contributed by atoms with Gasteiger partial charge in [-0.1, -0.05) is 173 Å². The van der Waals surface area contributed by atoms with Crippen LogP contribution in [0.1, 0.15) is 49.9 Å². The number of aromatic nitrogens is 4. The zero-order valence-electron chi connectivity index (χ0n) is 46.4. The standard InChI is InChI=1S/C42H29N2.C36H25N2.Ir/c1-42(2)36-17-8-9-18-39(36)44-38-20-19-30(27-11-4-3-5-12-27)24-34(38)35-25-32(26-37(42)41(35)44)29-14-10-15-31(23-29)40-33-16-7-6-13-28(33)21-22-43-40;1-36(2)30-14-5-6-16-33(30)38-32-18-17-25(22-29(32)28-13-8-15-31(36)35(28)38)24-10-7-11-26(21-24)34-27-12-4-3-9-23(27)19-20-37-34;/h3-14,16-26H,1-2H3;3-10,12-22H,1-2H3;/q2*-1;. The van der Waals surface area contributed by atoms with Crippen LogP contribution >= 0.6 is 0 Å². The summed E-state index contributed by atoms with van der Waals surface area (Å²) in [4.78, 5) is 9.54. The maximum Gasteiger partial charge on any atom is 0.0582 e. The maximum atomic E-state index is 4.80. The van der Waals surface area contributed by atoms with Crippen LogP contribution in [-0.2, 0) is 30.9 Å². The average Bonchev–Trinajstić information content (AvgIpc) is 2.11. The van der Waals surface area contributed by atoms with Crippen molar-refractivity contribution in [2.24, 2.45) is 0 Å². The van der Waals surface area contributed by atoms with Crippen LogP contribution in [0.25, 0.3) is 132 Å². The number of hydrogen-bond donors (Lipinski definition) is 0. The molecule has 397 valence electrons. The summed E-state index contributed by atoms with van der Waals surface area (Å²) < 4.78 is 4.96. The van der Waals surface area contributed by atoms with Crippen LogP contribution in [-0.4, -0.2) is 19.1 Å². The summed E-state index contributed by atoms with van der Waals surface area (Å²) in [5.74, 6) is 0. The average molecular weight is 1240 g/mol. The van der Waals surface area contributed by atoms with Crippen molar-refractivity contribution >= 4 is 65.2 Å². The molecule has 0 fully saturated rings. The molecule has 4 nitrogen and oxygen atoms in total. The van der Waals surface area contributed by atoms with Crippen molar-refractivity contribution in [2.45, 2.75) is 38.5 Å². The van der Waals surface area contributed by atoms with Gasteiger partial charge in [0.05, 0.1) is 33.4 Å². The Morgan fingerprint density at radius 1 is 0.325 bits per heavy atom. The van der Waals surface area contributed by atoms with E-state index in [1.54, 1.807) is 0 Å². The molecule has 0 saturated heterocycles. The van der Waals surface area contributed by atoms with Gasteiger partial charge in [0.2, 0.25) is 0 Å². The molecule has 4 aromatic heterocycles. The van der Waals surface area contributed by atoms with Crippen LogP contribution in [0.15, 0.2) is 255 Å². The second-order valence-electron chi connectivity index (χ2n) is 23.2. The van der Waals surface area contributed by atoms with E-state index in [1.165, 1.54) is 121 Å². The van der Waals surface area contributed by atoms with Crippen molar-refractivity contribution in [3.8, 4) is 67.3 Å². The van der Waals surface area contributed by atoms with Crippen LogP contribution in [0.5, 0.6) is 0 Å². The molecule has 11 aromatic carbocycles. The van der Waals surface area contributed by atoms with Gasteiger partial charge in [-0.3, -0.25) is 0 Å². The SMILES string of the molecule is CC1(C)c2ccccc2-n2c3ccc(-c4cc[c-]c(-c5nccc6ccccc56)c4)cc3c3cccc1c32.CC1(C)c2ccccc2-n2c3ccc(-c4ccccc4)cc3c3cc(-c4cc[c-]c(-c5nccc6ccccc56)c4)cc1c32.[Ir]. The summed E-state index contributed by atoms with van der Waals surface area (Å²) in [5, 5.41) is 9.81. The van der Waals surface area contributed by atoms with E-state index in [0.717, 1.165) is 33.3 Å². The topological polar surface area (TPSA) is 35.6 Å². The first-order valence-corrected chi connectivity index (χ1v) is 28.4. The molecule has 6 heterocycles. The zero-order valence-corrected chi connectivity index (χ0v) is 48.8. The van der Waals surface area contributed by atoms with Gasteiger partial charge in [-0.15, -0.1) is 70.8 Å². The maximum absolute atomic E-state index is 4.80. The summed E-state index contributed by atoms with van der Waals surface area (Å²) in [6.45, 7) is 9.42. The number of nitrogens with zero attached hydrogens (tertiary/aromatic N) is 4. The van der Waals surface area contributed by atoms with Gasteiger partial charge < -0.3 is 19.1 Å². The molecule has 0 bridgehead atoms. The predicted molar refractivity (Wildman–Crippen MR) is 341 cm³/mol. The largest absolute Gasteiger partial charge is 0.309 e. The quantitative estimate of drug-likeness (QED) is 0.161. The Bertz CT molecular complexity index is 5110. The smallest absolute Gasteiger partial charge is 0.0582 e. The molecule has 0 saturated carbocycles. The number of rotatable bonds is 5. The van der Waals surface area contributed by atoms with Crippen molar-refractivity contribution in [3.63, 3.8) is 0 Å². The van der Waals surface area contributed by atoms with Gasteiger partial charge in [-0.05, 0) is 138 Å². The summed E-state index contributed by atoms with van der Waals surface area (Å²) in [5.41, 5.74) is 24.0. The molecule has 5 heteroatoms. The van der Waals surface area contributed by atoms with E-state index < -0.39 is 0 Å². The third-order valence-corrected chi connectivity index (χ3v) is 17.9. The monoisotopic (exact) mass is 1240 g/mol. The Morgan fingerprint density at radius 2 is 0.771 bits per heavy atom. The number of para-hydroxylation sites is 3. The molecule has 2 aliphatic rings. The van der Waals surface area contributed by atoms with Crippen molar-refractivity contribution in [1.29, 1.82) is 0 Å². The fraction of sp³-hybridized carbons (Fsp3) is 0.0769. The van der Waals surface area contributed by atoms with Gasteiger partial charge in [0.1, 0.15) is 0 Å². The molecule has 15 aromatic rings. The minimum Gasteiger partial charge on any atom is -0.309 e. The first-order valence-electron chi connectivity index (χ1n) is 28.4. The summed E-state index contributed by atoms with van der Waals surface area (Å²) in [6.07, 6.45) is 3.78. The van der Waals surface area contributed by atoms with Crippen molar-refractivity contribution < 1.29 is 20.1 Å². The van der Waals surface area contributed by atoms with E-state index in [2.05, 4.69) is 279 Å². The summed E-state index contributed by atoms with van der Waals surface area (Å²) >= 11 is 0. The summed E-state index contributed by atoms with van der Waals surface area (Å²) in [7, 11) is 0. The van der Waals surface area contributed by atoms with E-state index >= 15 is 0 Å². The number of pyridine rings is 2. The fourth-order valence-corrected chi connectivity index (χ4v) is 13.8. The minimum absolute atomic E-state index is 0. The first-order chi connectivity index (χ1) is 40.2. The molecule has 1 radical (unpaired) electrons. The van der Waals surface area contributed by atoms with Gasteiger partial charge >= 0.3 is 0 Å². The first kappa shape index (κ1) is 50.5. The Morgan fingerprint density at radius 3 is 1.37 bits per heavy atom. The molecular weight excluding hydrogens is 1190 g/mol.